The van der Waals surface area contributed by atoms with Gasteiger partial charge in [0.2, 0.25) is 0 Å². The molecule has 0 unspecified atom stereocenters. The van der Waals surface area contributed by atoms with Gasteiger partial charge in [0.1, 0.15) is 5.82 Å². The number of nitrogens with zero attached hydrogens (tertiary/aromatic N) is 2. The molecule has 0 bridgehead atoms. The van der Waals surface area contributed by atoms with Crippen molar-refractivity contribution in [3.8, 4) is 11.3 Å². The molecule has 0 aliphatic heterocycles. The summed E-state index contributed by atoms with van der Waals surface area (Å²) in [5.41, 5.74) is 1.20. The normalized spacial score (nSPS) is 10.6. The van der Waals surface area contributed by atoms with E-state index in [1.807, 2.05) is 0 Å². The van der Waals surface area contributed by atoms with E-state index in [9.17, 15) is 14.0 Å². The number of nitrogens with one attached hydrogen (secondary N) is 1. The molecule has 0 atom stereocenters. The third kappa shape index (κ3) is 4.72. The lowest BCUT2D eigenvalue weighted by Gasteiger charge is -2.09. The van der Waals surface area contributed by atoms with E-state index in [4.69, 9.17) is 23.2 Å². The first-order valence-electron chi connectivity index (χ1n) is 8.01. The Morgan fingerprint density at radius 1 is 1.07 bits per heavy atom. The fraction of sp³-hybridized carbons (Fsp3) is 0.105. The number of hydrogen-bond acceptors (Lipinski definition) is 3. The number of halogens is 3. The van der Waals surface area contributed by atoms with Crippen LogP contribution in [0.1, 0.15) is 10.4 Å². The molecule has 1 amide bonds. The van der Waals surface area contributed by atoms with Crippen molar-refractivity contribution in [3.05, 3.63) is 86.4 Å². The molecule has 0 aliphatic carbocycles. The number of carbonyl (C=O) groups is 1. The van der Waals surface area contributed by atoms with E-state index in [1.54, 1.807) is 24.3 Å². The summed E-state index contributed by atoms with van der Waals surface area (Å²) in [4.78, 5) is 24.2. The molecule has 0 radical (unpaired) electrons. The van der Waals surface area contributed by atoms with Crippen LogP contribution >= 0.6 is 23.2 Å². The average molecular weight is 406 g/mol. The van der Waals surface area contributed by atoms with Crippen molar-refractivity contribution in [1.29, 1.82) is 0 Å². The molecule has 1 heterocycles. The Kier molecular flexibility index (Phi) is 5.88. The molecule has 1 aromatic heterocycles. The van der Waals surface area contributed by atoms with Crippen molar-refractivity contribution in [2.45, 2.75) is 6.54 Å². The van der Waals surface area contributed by atoms with Gasteiger partial charge in [-0.05, 0) is 48.5 Å². The van der Waals surface area contributed by atoms with Crippen LogP contribution in [-0.4, -0.2) is 22.2 Å². The van der Waals surface area contributed by atoms with Gasteiger partial charge in [-0.25, -0.2) is 9.07 Å². The first-order valence-corrected chi connectivity index (χ1v) is 8.77. The van der Waals surface area contributed by atoms with Crippen LogP contribution in [0.4, 0.5) is 4.39 Å². The minimum absolute atomic E-state index is 0.171. The molecular formula is C19H14Cl2FN3O2. The number of aromatic nitrogens is 2. The highest BCUT2D eigenvalue weighted by molar-refractivity contribution is 6.36. The first-order chi connectivity index (χ1) is 12.9. The Labute approximate surface area is 164 Å². The molecular weight excluding hydrogens is 392 g/mol. The highest BCUT2D eigenvalue weighted by Crippen LogP contribution is 2.20. The van der Waals surface area contributed by atoms with E-state index >= 15 is 0 Å². The minimum Gasteiger partial charge on any atom is -0.350 e. The number of benzene rings is 2. The molecule has 2 aromatic carbocycles. The van der Waals surface area contributed by atoms with E-state index in [0.717, 1.165) is 0 Å². The van der Waals surface area contributed by atoms with Gasteiger partial charge in [-0.15, -0.1) is 0 Å². The summed E-state index contributed by atoms with van der Waals surface area (Å²) in [6, 6.07) is 13.3. The highest BCUT2D eigenvalue weighted by atomic mass is 35.5. The summed E-state index contributed by atoms with van der Waals surface area (Å²) in [5, 5.41) is 7.62. The highest BCUT2D eigenvalue weighted by Gasteiger charge is 2.10. The van der Waals surface area contributed by atoms with Gasteiger partial charge in [0.25, 0.3) is 11.5 Å². The second kappa shape index (κ2) is 8.33. The van der Waals surface area contributed by atoms with E-state index in [1.165, 1.54) is 35.0 Å². The van der Waals surface area contributed by atoms with Gasteiger partial charge in [0, 0.05) is 23.2 Å². The summed E-state index contributed by atoms with van der Waals surface area (Å²) in [5.74, 6) is -0.727. The van der Waals surface area contributed by atoms with Crippen molar-refractivity contribution in [2.24, 2.45) is 0 Å². The Hall–Kier alpha value is -2.70. The molecule has 5 nitrogen and oxygen atoms in total. The van der Waals surface area contributed by atoms with Crippen molar-refractivity contribution < 1.29 is 9.18 Å². The zero-order valence-electron chi connectivity index (χ0n) is 14.0. The van der Waals surface area contributed by atoms with E-state index in [2.05, 4.69) is 10.4 Å². The third-order valence-corrected chi connectivity index (χ3v) is 4.34. The number of rotatable bonds is 5. The SMILES string of the molecule is O=C(NCCn1nc(-c2ccc(F)cc2)ccc1=O)c1ccc(Cl)cc1Cl. The molecule has 0 saturated heterocycles. The largest absolute Gasteiger partial charge is 0.350 e. The van der Waals surface area contributed by atoms with E-state index in [-0.39, 0.29) is 35.4 Å². The fourth-order valence-electron chi connectivity index (χ4n) is 2.43. The lowest BCUT2D eigenvalue weighted by atomic mass is 10.1. The van der Waals surface area contributed by atoms with Crippen LogP contribution in [0.25, 0.3) is 11.3 Å². The Morgan fingerprint density at radius 3 is 2.52 bits per heavy atom. The van der Waals surface area contributed by atoms with Gasteiger partial charge in [-0.2, -0.15) is 5.10 Å². The molecule has 138 valence electrons. The molecule has 1 N–H and O–H groups in total. The van der Waals surface area contributed by atoms with Crippen LogP contribution in [0.15, 0.2) is 59.4 Å². The van der Waals surface area contributed by atoms with Crippen molar-refractivity contribution in [3.63, 3.8) is 0 Å². The van der Waals surface area contributed by atoms with Crippen LogP contribution in [0.3, 0.4) is 0 Å². The number of amides is 1. The molecule has 0 saturated carbocycles. The summed E-state index contributed by atoms with van der Waals surface area (Å²) >= 11 is 11.8. The van der Waals surface area contributed by atoms with Crippen LogP contribution in [0.5, 0.6) is 0 Å². The number of carbonyl (C=O) groups excluding carboxylic acids is 1. The molecule has 3 aromatic rings. The van der Waals surface area contributed by atoms with Crippen LogP contribution in [0.2, 0.25) is 10.0 Å². The van der Waals surface area contributed by atoms with Crippen LogP contribution in [0, 0.1) is 5.82 Å². The standard InChI is InChI=1S/C19H14Cl2FN3O2/c20-13-3-6-15(16(21)11-13)19(27)23-9-10-25-18(26)8-7-17(24-25)12-1-4-14(22)5-2-12/h1-8,11H,9-10H2,(H,23,27). The molecule has 8 heteroatoms. The van der Waals surface area contributed by atoms with Crippen LogP contribution < -0.4 is 10.9 Å². The minimum atomic E-state index is -0.376. The van der Waals surface area contributed by atoms with E-state index < -0.39 is 0 Å². The summed E-state index contributed by atoms with van der Waals surface area (Å²) < 4.78 is 14.3. The zero-order chi connectivity index (χ0) is 19.4. The van der Waals surface area contributed by atoms with Crippen molar-refractivity contribution >= 4 is 29.1 Å². The van der Waals surface area contributed by atoms with Crippen LogP contribution in [-0.2, 0) is 6.54 Å². The maximum Gasteiger partial charge on any atom is 0.266 e. The van der Waals surface area contributed by atoms with Crippen molar-refractivity contribution in [2.75, 3.05) is 6.54 Å². The maximum atomic E-state index is 13.0. The monoisotopic (exact) mass is 405 g/mol. The molecule has 0 spiro atoms. The topological polar surface area (TPSA) is 64.0 Å². The molecule has 0 fully saturated rings. The first kappa shape index (κ1) is 19.1. The Balaban J connectivity index is 1.69. The van der Waals surface area contributed by atoms with Gasteiger partial charge in [0.15, 0.2) is 0 Å². The van der Waals surface area contributed by atoms with Crippen molar-refractivity contribution in [1.82, 2.24) is 15.1 Å². The second-order valence-electron chi connectivity index (χ2n) is 5.67. The Bertz CT molecular complexity index is 1040. The smallest absolute Gasteiger partial charge is 0.266 e. The van der Waals surface area contributed by atoms with Gasteiger partial charge in [-0.3, -0.25) is 9.59 Å². The molecule has 0 aliphatic rings. The van der Waals surface area contributed by atoms with E-state index in [0.29, 0.717) is 21.8 Å². The fourth-order valence-corrected chi connectivity index (χ4v) is 2.92. The number of hydrogen-bond donors (Lipinski definition) is 1. The summed E-state index contributed by atoms with van der Waals surface area (Å²) in [7, 11) is 0. The zero-order valence-corrected chi connectivity index (χ0v) is 15.5. The van der Waals surface area contributed by atoms with Gasteiger partial charge in [-0.1, -0.05) is 23.2 Å². The maximum absolute atomic E-state index is 13.0. The summed E-state index contributed by atoms with van der Waals surface area (Å²) in [6.45, 7) is 0.350. The lowest BCUT2D eigenvalue weighted by Crippen LogP contribution is -2.32. The quantitative estimate of drug-likeness (QED) is 0.702. The van der Waals surface area contributed by atoms with Gasteiger partial charge in [0.05, 0.1) is 22.8 Å². The molecule has 3 rings (SSSR count). The Morgan fingerprint density at radius 2 is 1.81 bits per heavy atom. The second-order valence-corrected chi connectivity index (χ2v) is 6.51. The van der Waals surface area contributed by atoms with Gasteiger partial charge < -0.3 is 5.32 Å². The predicted octanol–water partition coefficient (Wildman–Crippen LogP) is 3.79. The molecule has 27 heavy (non-hydrogen) atoms. The third-order valence-electron chi connectivity index (χ3n) is 3.79. The average Bonchev–Trinajstić information content (AvgIpc) is 2.64. The summed E-state index contributed by atoms with van der Waals surface area (Å²) in [6.07, 6.45) is 0. The lowest BCUT2D eigenvalue weighted by molar-refractivity contribution is 0.0952. The predicted molar refractivity (Wildman–Crippen MR) is 103 cm³/mol. The van der Waals surface area contributed by atoms with Gasteiger partial charge >= 0.3 is 0 Å².